The molecule has 1 aliphatic heterocycles. The van der Waals surface area contributed by atoms with Gasteiger partial charge >= 0.3 is 0 Å². The van der Waals surface area contributed by atoms with Crippen LogP contribution in [0.3, 0.4) is 0 Å². The summed E-state index contributed by atoms with van der Waals surface area (Å²) in [5.41, 5.74) is 2.70. The number of nitro benzene ring substituents is 1. The van der Waals surface area contributed by atoms with E-state index in [4.69, 9.17) is 0 Å². The number of amides is 1. The molecule has 1 fully saturated rings. The minimum absolute atomic E-state index is 0.0554. The lowest BCUT2D eigenvalue weighted by Gasteiger charge is -2.36. The van der Waals surface area contributed by atoms with Gasteiger partial charge in [-0.15, -0.1) is 11.3 Å². The van der Waals surface area contributed by atoms with Crippen LogP contribution in [-0.4, -0.2) is 46.9 Å². The van der Waals surface area contributed by atoms with Crippen LogP contribution < -0.4 is 4.90 Å². The Morgan fingerprint density at radius 1 is 1.13 bits per heavy atom. The number of nitrogens with zero attached hydrogens (tertiary/aromatic N) is 4. The number of thiazole rings is 1. The van der Waals surface area contributed by atoms with Crippen molar-refractivity contribution in [1.29, 1.82) is 0 Å². The number of hydrogen-bond acceptors (Lipinski definition) is 6. The van der Waals surface area contributed by atoms with Gasteiger partial charge in [0.1, 0.15) is 5.01 Å². The van der Waals surface area contributed by atoms with Crippen LogP contribution in [-0.2, 0) is 11.2 Å². The SMILES string of the molecule is O=C(Cc1csc(-c2cccc(Br)c2)n1)N1CCN(c2cccc([N+](=O)[O-])c2)CC1. The average Bonchev–Trinajstić information content (AvgIpc) is 3.22. The van der Waals surface area contributed by atoms with Crippen molar-refractivity contribution in [3.63, 3.8) is 0 Å². The van der Waals surface area contributed by atoms with E-state index in [2.05, 4.69) is 25.8 Å². The molecule has 4 rings (SSSR count). The van der Waals surface area contributed by atoms with Crippen molar-refractivity contribution in [2.24, 2.45) is 0 Å². The summed E-state index contributed by atoms with van der Waals surface area (Å²) in [6, 6.07) is 14.6. The first-order chi connectivity index (χ1) is 14.5. The van der Waals surface area contributed by atoms with Crippen LogP contribution in [0.5, 0.6) is 0 Å². The Labute approximate surface area is 186 Å². The average molecular weight is 487 g/mol. The van der Waals surface area contributed by atoms with E-state index in [1.54, 1.807) is 12.1 Å². The lowest BCUT2D eigenvalue weighted by atomic mass is 10.2. The van der Waals surface area contributed by atoms with Crippen LogP contribution >= 0.6 is 27.3 Å². The third-order valence-corrected chi connectivity index (χ3v) is 6.43. The zero-order chi connectivity index (χ0) is 21.1. The normalized spacial score (nSPS) is 14.0. The highest BCUT2D eigenvalue weighted by molar-refractivity contribution is 9.10. The number of benzene rings is 2. The summed E-state index contributed by atoms with van der Waals surface area (Å²) >= 11 is 5.01. The van der Waals surface area contributed by atoms with E-state index in [1.165, 1.54) is 17.4 Å². The molecule has 1 aliphatic rings. The fourth-order valence-electron chi connectivity index (χ4n) is 3.43. The maximum Gasteiger partial charge on any atom is 0.271 e. The first kappa shape index (κ1) is 20.5. The maximum absolute atomic E-state index is 12.7. The number of hydrogen-bond donors (Lipinski definition) is 0. The number of carbonyl (C=O) groups is 1. The second-order valence-corrected chi connectivity index (χ2v) is 8.75. The Hall–Kier alpha value is -2.78. The molecule has 0 N–H and O–H groups in total. The van der Waals surface area contributed by atoms with E-state index < -0.39 is 0 Å². The molecule has 30 heavy (non-hydrogen) atoms. The lowest BCUT2D eigenvalue weighted by molar-refractivity contribution is -0.384. The molecule has 0 saturated carbocycles. The predicted molar refractivity (Wildman–Crippen MR) is 121 cm³/mol. The standard InChI is InChI=1S/C21H19BrN4O3S/c22-16-4-1-3-15(11-16)21-23-17(14-30-21)12-20(27)25-9-7-24(8-10-25)18-5-2-6-19(13-18)26(28)29/h1-6,11,13-14H,7-10,12H2. The van der Waals surface area contributed by atoms with Gasteiger partial charge in [0.25, 0.3) is 5.69 Å². The van der Waals surface area contributed by atoms with Crippen LogP contribution in [0.15, 0.2) is 58.4 Å². The molecular formula is C21H19BrN4O3S. The number of rotatable bonds is 5. The number of halogens is 1. The van der Waals surface area contributed by atoms with Crippen LogP contribution in [0.4, 0.5) is 11.4 Å². The Morgan fingerprint density at radius 2 is 1.90 bits per heavy atom. The zero-order valence-electron chi connectivity index (χ0n) is 16.0. The van der Waals surface area contributed by atoms with Crippen molar-refractivity contribution in [2.45, 2.75) is 6.42 Å². The van der Waals surface area contributed by atoms with Gasteiger partial charge in [0.05, 0.1) is 17.0 Å². The van der Waals surface area contributed by atoms with E-state index in [0.717, 1.165) is 26.4 Å². The second-order valence-electron chi connectivity index (χ2n) is 6.98. The molecule has 1 aromatic heterocycles. The third kappa shape index (κ3) is 4.68. The third-order valence-electron chi connectivity index (χ3n) is 4.99. The topological polar surface area (TPSA) is 79.6 Å². The van der Waals surface area contributed by atoms with E-state index >= 15 is 0 Å². The van der Waals surface area contributed by atoms with E-state index in [0.29, 0.717) is 26.2 Å². The van der Waals surface area contributed by atoms with Crippen molar-refractivity contribution in [1.82, 2.24) is 9.88 Å². The molecule has 0 atom stereocenters. The summed E-state index contributed by atoms with van der Waals surface area (Å²) in [6.07, 6.45) is 0.279. The molecular weight excluding hydrogens is 468 g/mol. The van der Waals surface area contributed by atoms with Crippen molar-refractivity contribution >= 4 is 44.5 Å². The number of carbonyl (C=O) groups excluding carboxylic acids is 1. The molecule has 1 saturated heterocycles. The van der Waals surface area contributed by atoms with Crippen molar-refractivity contribution in [3.8, 4) is 10.6 Å². The van der Waals surface area contributed by atoms with Gasteiger partial charge in [-0.25, -0.2) is 4.98 Å². The summed E-state index contributed by atoms with van der Waals surface area (Å²) in [4.78, 5) is 31.9. The quantitative estimate of drug-likeness (QED) is 0.395. The highest BCUT2D eigenvalue weighted by Crippen LogP contribution is 2.27. The van der Waals surface area contributed by atoms with E-state index in [1.807, 2.05) is 40.6 Å². The highest BCUT2D eigenvalue weighted by Gasteiger charge is 2.23. The molecule has 9 heteroatoms. The number of anilines is 1. The molecule has 0 unspecified atom stereocenters. The smallest absolute Gasteiger partial charge is 0.271 e. The van der Waals surface area contributed by atoms with Crippen LogP contribution in [0, 0.1) is 10.1 Å². The van der Waals surface area contributed by atoms with Crippen molar-refractivity contribution in [3.05, 3.63) is 74.2 Å². The number of aromatic nitrogens is 1. The van der Waals surface area contributed by atoms with Gasteiger partial charge in [0.2, 0.25) is 5.91 Å². The maximum atomic E-state index is 12.7. The summed E-state index contributed by atoms with van der Waals surface area (Å²) in [5, 5.41) is 13.8. The highest BCUT2D eigenvalue weighted by atomic mass is 79.9. The Morgan fingerprint density at radius 3 is 2.63 bits per heavy atom. The summed E-state index contributed by atoms with van der Waals surface area (Å²) < 4.78 is 0.995. The first-order valence-corrected chi connectivity index (χ1v) is 11.1. The summed E-state index contributed by atoms with van der Waals surface area (Å²) in [6.45, 7) is 2.47. The Bertz CT molecular complexity index is 1080. The Kier molecular flexibility index (Phi) is 6.10. The lowest BCUT2D eigenvalue weighted by Crippen LogP contribution is -2.49. The molecule has 0 spiro atoms. The summed E-state index contributed by atoms with van der Waals surface area (Å²) in [7, 11) is 0. The van der Waals surface area contributed by atoms with Crippen molar-refractivity contribution < 1.29 is 9.72 Å². The van der Waals surface area contributed by atoms with Crippen LogP contribution in [0.1, 0.15) is 5.69 Å². The van der Waals surface area contributed by atoms with Crippen LogP contribution in [0.2, 0.25) is 0 Å². The van der Waals surface area contributed by atoms with Crippen LogP contribution in [0.25, 0.3) is 10.6 Å². The predicted octanol–water partition coefficient (Wildman–Crippen LogP) is 4.37. The number of nitro groups is 1. The zero-order valence-corrected chi connectivity index (χ0v) is 18.4. The molecule has 2 heterocycles. The number of non-ortho nitro benzene ring substituents is 1. The number of piperazine rings is 1. The molecule has 0 radical (unpaired) electrons. The minimum atomic E-state index is -0.389. The van der Waals surface area contributed by atoms with Gasteiger partial charge in [-0.3, -0.25) is 14.9 Å². The molecule has 2 aromatic carbocycles. The van der Waals surface area contributed by atoms with Crippen molar-refractivity contribution in [2.75, 3.05) is 31.1 Å². The Balaban J connectivity index is 1.35. The monoisotopic (exact) mass is 486 g/mol. The fraction of sp³-hybridized carbons (Fsp3) is 0.238. The largest absolute Gasteiger partial charge is 0.368 e. The van der Waals surface area contributed by atoms with E-state index in [9.17, 15) is 14.9 Å². The second kappa shape index (κ2) is 8.93. The molecule has 154 valence electrons. The molecule has 7 nitrogen and oxygen atoms in total. The van der Waals surface area contributed by atoms with Gasteiger partial charge in [-0.1, -0.05) is 34.1 Å². The molecule has 3 aromatic rings. The minimum Gasteiger partial charge on any atom is -0.368 e. The van der Waals surface area contributed by atoms with Gasteiger partial charge in [-0.2, -0.15) is 0 Å². The summed E-state index contributed by atoms with van der Waals surface area (Å²) in [5.74, 6) is 0.0554. The first-order valence-electron chi connectivity index (χ1n) is 9.47. The molecule has 0 bridgehead atoms. The van der Waals surface area contributed by atoms with E-state index in [-0.39, 0.29) is 22.9 Å². The van der Waals surface area contributed by atoms with Gasteiger partial charge in [0.15, 0.2) is 0 Å². The van der Waals surface area contributed by atoms with Gasteiger partial charge in [0, 0.05) is 59.4 Å². The fourth-order valence-corrected chi connectivity index (χ4v) is 4.64. The molecule has 0 aliphatic carbocycles. The van der Waals surface area contributed by atoms with Gasteiger partial charge < -0.3 is 9.80 Å². The van der Waals surface area contributed by atoms with Gasteiger partial charge in [-0.05, 0) is 18.2 Å². The molecule has 1 amide bonds.